The molecular formula is C9H15N3. The zero-order chi connectivity index (χ0) is 8.81. The summed E-state index contributed by atoms with van der Waals surface area (Å²) in [6.45, 7) is 1.02. The van der Waals surface area contributed by atoms with Crippen LogP contribution in [0.1, 0.15) is 12.0 Å². The van der Waals surface area contributed by atoms with Gasteiger partial charge in [0.15, 0.2) is 0 Å². The number of nitrogens with zero attached hydrogens (tertiary/aromatic N) is 1. The number of hydrogen-bond donors (Lipinski definition) is 2. The van der Waals surface area contributed by atoms with Crippen LogP contribution in [0.15, 0.2) is 18.5 Å². The summed E-state index contributed by atoms with van der Waals surface area (Å²) in [6.07, 6.45) is 5.66. The van der Waals surface area contributed by atoms with Gasteiger partial charge in [-0.15, -0.1) is 0 Å². The smallest absolute Gasteiger partial charge is 0.0377 e. The van der Waals surface area contributed by atoms with Gasteiger partial charge in [-0.2, -0.15) is 0 Å². The number of aromatic nitrogens is 1. The summed E-state index contributed by atoms with van der Waals surface area (Å²) in [7, 11) is 1.95. The topological polar surface area (TPSA) is 50.9 Å². The molecule has 0 atom stereocenters. The third-order valence-electron chi connectivity index (χ3n) is 1.81. The molecule has 0 spiro atoms. The SMILES string of the molecule is CNCCCc1cnccc1N. The van der Waals surface area contributed by atoms with Crippen LogP contribution in [0.25, 0.3) is 0 Å². The van der Waals surface area contributed by atoms with E-state index in [9.17, 15) is 0 Å². The summed E-state index contributed by atoms with van der Waals surface area (Å²) in [5, 5.41) is 3.10. The number of nitrogen functional groups attached to an aromatic ring is 1. The molecule has 0 amide bonds. The summed E-state index contributed by atoms with van der Waals surface area (Å²) >= 11 is 0. The van der Waals surface area contributed by atoms with E-state index in [2.05, 4.69) is 10.3 Å². The number of anilines is 1. The largest absolute Gasteiger partial charge is 0.398 e. The van der Waals surface area contributed by atoms with Crippen LogP contribution >= 0.6 is 0 Å². The normalized spacial score (nSPS) is 10.1. The lowest BCUT2D eigenvalue weighted by Gasteiger charge is -2.03. The van der Waals surface area contributed by atoms with Gasteiger partial charge in [-0.05, 0) is 38.1 Å². The highest BCUT2D eigenvalue weighted by molar-refractivity contribution is 5.44. The first-order chi connectivity index (χ1) is 5.84. The van der Waals surface area contributed by atoms with E-state index in [1.165, 1.54) is 0 Å². The molecule has 1 heterocycles. The van der Waals surface area contributed by atoms with Crippen LogP contribution in [0.3, 0.4) is 0 Å². The minimum atomic E-state index is 0.848. The van der Waals surface area contributed by atoms with Gasteiger partial charge in [-0.25, -0.2) is 0 Å². The van der Waals surface area contributed by atoms with Gasteiger partial charge in [0, 0.05) is 18.1 Å². The first-order valence-corrected chi connectivity index (χ1v) is 4.17. The maximum absolute atomic E-state index is 5.74. The van der Waals surface area contributed by atoms with Crippen molar-refractivity contribution in [2.24, 2.45) is 0 Å². The molecule has 0 aliphatic heterocycles. The van der Waals surface area contributed by atoms with Crippen molar-refractivity contribution < 1.29 is 0 Å². The van der Waals surface area contributed by atoms with Crippen molar-refractivity contribution in [2.75, 3.05) is 19.3 Å². The Labute approximate surface area is 73.0 Å². The van der Waals surface area contributed by atoms with Gasteiger partial charge >= 0.3 is 0 Å². The van der Waals surface area contributed by atoms with E-state index in [1.807, 2.05) is 19.3 Å². The van der Waals surface area contributed by atoms with Crippen LogP contribution in [0.2, 0.25) is 0 Å². The van der Waals surface area contributed by atoms with E-state index in [0.717, 1.165) is 30.6 Å². The lowest BCUT2D eigenvalue weighted by atomic mass is 10.1. The van der Waals surface area contributed by atoms with Crippen LogP contribution in [0.4, 0.5) is 5.69 Å². The van der Waals surface area contributed by atoms with Gasteiger partial charge in [0.2, 0.25) is 0 Å². The average Bonchev–Trinajstić information content (AvgIpc) is 2.09. The van der Waals surface area contributed by atoms with Crippen molar-refractivity contribution >= 4 is 5.69 Å². The summed E-state index contributed by atoms with van der Waals surface area (Å²) in [5.41, 5.74) is 7.74. The second-order valence-corrected chi connectivity index (χ2v) is 2.78. The van der Waals surface area contributed by atoms with Gasteiger partial charge < -0.3 is 11.1 Å². The molecule has 1 rings (SSSR count). The minimum absolute atomic E-state index is 0.848. The third kappa shape index (κ3) is 2.51. The molecule has 3 nitrogen and oxygen atoms in total. The van der Waals surface area contributed by atoms with Crippen molar-refractivity contribution in [1.29, 1.82) is 0 Å². The second-order valence-electron chi connectivity index (χ2n) is 2.78. The molecule has 0 fully saturated rings. The Morgan fingerprint density at radius 1 is 1.58 bits per heavy atom. The quantitative estimate of drug-likeness (QED) is 0.649. The van der Waals surface area contributed by atoms with Crippen LogP contribution in [-0.2, 0) is 6.42 Å². The minimum Gasteiger partial charge on any atom is -0.398 e. The lowest BCUT2D eigenvalue weighted by molar-refractivity contribution is 0.724. The van der Waals surface area contributed by atoms with Crippen LogP contribution < -0.4 is 11.1 Å². The molecule has 1 aromatic heterocycles. The Kier molecular flexibility index (Phi) is 3.54. The first kappa shape index (κ1) is 9.00. The first-order valence-electron chi connectivity index (χ1n) is 4.17. The van der Waals surface area contributed by atoms with E-state index in [-0.39, 0.29) is 0 Å². The molecule has 1 aromatic rings. The summed E-state index contributed by atoms with van der Waals surface area (Å²) in [6, 6.07) is 1.84. The molecule has 3 N–H and O–H groups in total. The van der Waals surface area contributed by atoms with E-state index in [4.69, 9.17) is 5.73 Å². The molecular weight excluding hydrogens is 150 g/mol. The van der Waals surface area contributed by atoms with E-state index in [0.29, 0.717) is 0 Å². The molecule has 0 saturated carbocycles. The van der Waals surface area contributed by atoms with Crippen molar-refractivity contribution in [3.05, 3.63) is 24.0 Å². The highest BCUT2D eigenvalue weighted by Crippen LogP contribution is 2.10. The molecule has 0 aromatic carbocycles. The standard InChI is InChI=1S/C9H15N3/c1-11-5-2-3-8-7-12-6-4-9(8)10/h4,6-7,11H,2-3,5H2,1H3,(H2,10,12). The zero-order valence-electron chi connectivity index (χ0n) is 7.38. The van der Waals surface area contributed by atoms with Gasteiger partial charge in [0.25, 0.3) is 0 Å². The van der Waals surface area contributed by atoms with E-state index < -0.39 is 0 Å². The molecule has 0 radical (unpaired) electrons. The van der Waals surface area contributed by atoms with Gasteiger partial charge in [0.05, 0.1) is 0 Å². The molecule has 0 saturated heterocycles. The van der Waals surface area contributed by atoms with Crippen molar-refractivity contribution in [2.45, 2.75) is 12.8 Å². The molecule has 0 bridgehead atoms. The van der Waals surface area contributed by atoms with E-state index in [1.54, 1.807) is 6.20 Å². The Hall–Kier alpha value is -1.09. The van der Waals surface area contributed by atoms with Crippen molar-refractivity contribution in [3.63, 3.8) is 0 Å². The Morgan fingerprint density at radius 2 is 2.42 bits per heavy atom. The van der Waals surface area contributed by atoms with Crippen LogP contribution in [-0.4, -0.2) is 18.6 Å². The van der Waals surface area contributed by atoms with Crippen LogP contribution in [0.5, 0.6) is 0 Å². The number of nitrogens with one attached hydrogen (secondary N) is 1. The molecule has 12 heavy (non-hydrogen) atoms. The zero-order valence-corrected chi connectivity index (χ0v) is 7.38. The average molecular weight is 165 g/mol. The number of nitrogens with two attached hydrogens (primary N) is 1. The molecule has 66 valence electrons. The summed E-state index contributed by atoms with van der Waals surface area (Å²) in [5.74, 6) is 0. The maximum Gasteiger partial charge on any atom is 0.0377 e. The van der Waals surface area contributed by atoms with Crippen LogP contribution in [0, 0.1) is 0 Å². The highest BCUT2D eigenvalue weighted by Gasteiger charge is 1.96. The third-order valence-corrected chi connectivity index (χ3v) is 1.81. The van der Waals surface area contributed by atoms with E-state index >= 15 is 0 Å². The summed E-state index contributed by atoms with van der Waals surface area (Å²) in [4.78, 5) is 4.02. The number of hydrogen-bond acceptors (Lipinski definition) is 3. The number of rotatable bonds is 4. The molecule has 3 heteroatoms. The van der Waals surface area contributed by atoms with Gasteiger partial charge in [0.1, 0.15) is 0 Å². The fraction of sp³-hybridized carbons (Fsp3) is 0.444. The molecule has 0 aliphatic carbocycles. The molecule has 0 aliphatic rings. The highest BCUT2D eigenvalue weighted by atomic mass is 14.8. The Balaban J connectivity index is 2.46. The molecule has 0 unspecified atom stereocenters. The van der Waals surface area contributed by atoms with Gasteiger partial charge in [-0.1, -0.05) is 0 Å². The number of pyridine rings is 1. The predicted octanol–water partition coefficient (Wildman–Crippen LogP) is 0.816. The van der Waals surface area contributed by atoms with Crippen molar-refractivity contribution in [3.8, 4) is 0 Å². The lowest BCUT2D eigenvalue weighted by Crippen LogP contribution is -2.09. The fourth-order valence-corrected chi connectivity index (χ4v) is 1.10. The Morgan fingerprint density at radius 3 is 3.08 bits per heavy atom. The Bertz CT molecular complexity index is 235. The summed E-state index contributed by atoms with van der Waals surface area (Å²) < 4.78 is 0. The number of aryl methyl sites for hydroxylation is 1. The second kappa shape index (κ2) is 4.72. The monoisotopic (exact) mass is 165 g/mol. The van der Waals surface area contributed by atoms with Gasteiger partial charge in [-0.3, -0.25) is 4.98 Å². The van der Waals surface area contributed by atoms with Crippen molar-refractivity contribution in [1.82, 2.24) is 10.3 Å². The predicted molar refractivity (Wildman–Crippen MR) is 50.9 cm³/mol. The fourth-order valence-electron chi connectivity index (χ4n) is 1.10. The maximum atomic E-state index is 5.74.